The lowest BCUT2D eigenvalue weighted by atomic mass is 10.1. The summed E-state index contributed by atoms with van der Waals surface area (Å²) in [5.41, 5.74) is 0.173. The first-order chi connectivity index (χ1) is 17.1. The highest BCUT2D eigenvalue weighted by Crippen LogP contribution is 2.61. The van der Waals surface area contributed by atoms with Crippen molar-refractivity contribution < 1.29 is 31.6 Å². The Hall–Kier alpha value is -2.49. The molecular weight excluding hydrogens is 527 g/mol. The summed E-state index contributed by atoms with van der Waals surface area (Å²) < 4.78 is 49.0. The quantitative estimate of drug-likeness (QED) is 0.335. The topological polar surface area (TPSA) is 128 Å². The van der Waals surface area contributed by atoms with E-state index in [2.05, 4.69) is 10.6 Å². The third kappa shape index (κ3) is 7.05. The molecule has 1 aliphatic rings. The van der Waals surface area contributed by atoms with E-state index >= 15 is 0 Å². The number of benzene rings is 2. The van der Waals surface area contributed by atoms with Crippen LogP contribution in [-0.2, 0) is 28.2 Å². The molecule has 1 fully saturated rings. The zero-order chi connectivity index (χ0) is 26.3. The number of halogens is 1. The number of carbonyl (C=O) groups excluding carboxylic acids is 2. The Morgan fingerprint density at radius 1 is 1.00 bits per heavy atom. The first-order valence-electron chi connectivity index (χ1n) is 11.4. The van der Waals surface area contributed by atoms with E-state index in [1.165, 1.54) is 24.3 Å². The summed E-state index contributed by atoms with van der Waals surface area (Å²) >= 11 is 6.05. The lowest BCUT2D eigenvalue weighted by molar-refractivity contribution is -0.118. The monoisotopic (exact) mass is 554 g/mol. The van der Waals surface area contributed by atoms with E-state index in [-0.39, 0.29) is 53.3 Å². The molecule has 9 nitrogen and oxygen atoms in total. The van der Waals surface area contributed by atoms with Crippen LogP contribution in [-0.4, -0.2) is 51.0 Å². The minimum Gasteiger partial charge on any atom is -0.347 e. The van der Waals surface area contributed by atoms with Crippen LogP contribution in [0.3, 0.4) is 0 Å². The van der Waals surface area contributed by atoms with Crippen molar-refractivity contribution in [3.63, 3.8) is 0 Å². The van der Waals surface area contributed by atoms with Gasteiger partial charge in [-0.15, -0.1) is 0 Å². The molecule has 2 amide bonds. The van der Waals surface area contributed by atoms with E-state index in [0.717, 1.165) is 0 Å². The number of amides is 2. The SMILES string of the molecule is CCOP(=O)(OCC)/C(=C(\NC(=O)c1ccccc1)C(=O)NC1CCS(=O)(=O)C1)c1ccc(Cl)cc1. The molecule has 3 rings (SSSR count). The van der Waals surface area contributed by atoms with Gasteiger partial charge in [0.15, 0.2) is 9.84 Å². The van der Waals surface area contributed by atoms with Crippen LogP contribution < -0.4 is 10.6 Å². The number of nitrogens with one attached hydrogen (secondary N) is 2. The van der Waals surface area contributed by atoms with Crippen LogP contribution in [0.15, 0.2) is 60.3 Å². The van der Waals surface area contributed by atoms with Gasteiger partial charge in [0.25, 0.3) is 11.8 Å². The summed E-state index contributed by atoms with van der Waals surface area (Å²) in [4.78, 5) is 26.7. The van der Waals surface area contributed by atoms with Gasteiger partial charge in [0, 0.05) is 16.6 Å². The predicted octanol–water partition coefficient (Wildman–Crippen LogP) is 4.01. The molecule has 0 aromatic heterocycles. The fourth-order valence-electron chi connectivity index (χ4n) is 3.72. The molecule has 2 aromatic rings. The first kappa shape index (κ1) is 28.1. The van der Waals surface area contributed by atoms with Crippen molar-refractivity contribution in [1.29, 1.82) is 0 Å². The Kier molecular flexibility index (Phi) is 9.49. The predicted molar refractivity (Wildman–Crippen MR) is 138 cm³/mol. The molecule has 0 aliphatic carbocycles. The summed E-state index contributed by atoms with van der Waals surface area (Å²) in [6.07, 6.45) is 0.221. The van der Waals surface area contributed by atoms with E-state index in [1.54, 1.807) is 44.2 Å². The number of hydrogen-bond acceptors (Lipinski definition) is 7. The van der Waals surface area contributed by atoms with Gasteiger partial charge >= 0.3 is 7.60 Å². The van der Waals surface area contributed by atoms with Gasteiger partial charge in [-0.2, -0.15) is 0 Å². The van der Waals surface area contributed by atoms with Crippen LogP contribution in [0.2, 0.25) is 5.02 Å². The van der Waals surface area contributed by atoms with Gasteiger partial charge in [-0.25, -0.2) is 8.42 Å². The Morgan fingerprint density at radius 3 is 2.14 bits per heavy atom. The largest absolute Gasteiger partial charge is 0.364 e. The highest BCUT2D eigenvalue weighted by molar-refractivity contribution is 7.91. The minimum atomic E-state index is -4.15. The fourth-order valence-corrected chi connectivity index (χ4v) is 7.43. The van der Waals surface area contributed by atoms with Crippen LogP contribution in [0, 0.1) is 0 Å². The van der Waals surface area contributed by atoms with Crippen molar-refractivity contribution >= 4 is 46.2 Å². The van der Waals surface area contributed by atoms with Gasteiger partial charge in [-0.3, -0.25) is 14.2 Å². The fraction of sp³-hybridized carbons (Fsp3) is 0.333. The first-order valence-corrected chi connectivity index (χ1v) is 15.1. The lowest BCUT2D eigenvalue weighted by Crippen LogP contribution is -2.41. The van der Waals surface area contributed by atoms with Crippen molar-refractivity contribution in [1.82, 2.24) is 10.6 Å². The van der Waals surface area contributed by atoms with Crippen LogP contribution in [0.25, 0.3) is 5.31 Å². The van der Waals surface area contributed by atoms with Gasteiger partial charge in [-0.05, 0) is 50.1 Å². The number of carbonyl (C=O) groups is 2. The minimum absolute atomic E-state index is 0.00321. The Bertz CT molecular complexity index is 1270. The molecule has 12 heteroatoms. The van der Waals surface area contributed by atoms with E-state index < -0.39 is 35.3 Å². The molecule has 0 radical (unpaired) electrons. The van der Waals surface area contributed by atoms with Crippen molar-refractivity contribution in [2.45, 2.75) is 26.3 Å². The van der Waals surface area contributed by atoms with Gasteiger partial charge in [0.1, 0.15) is 11.0 Å². The molecule has 0 bridgehead atoms. The summed E-state index contributed by atoms with van der Waals surface area (Å²) in [5.74, 6) is -1.74. The Morgan fingerprint density at radius 2 is 1.61 bits per heavy atom. The van der Waals surface area contributed by atoms with Crippen molar-refractivity contribution in [3.05, 3.63) is 76.4 Å². The van der Waals surface area contributed by atoms with Crippen molar-refractivity contribution in [2.24, 2.45) is 0 Å². The number of hydrogen-bond donors (Lipinski definition) is 2. The third-order valence-electron chi connectivity index (χ3n) is 5.30. The molecule has 2 aromatic carbocycles. The molecule has 1 atom stereocenters. The van der Waals surface area contributed by atoms with E-state index in [9.17, 15) is 22.6 Å². The Labute approximate surface area is 215 Å². The molecule has 1 saturated heterocycles. The van der Waals surface area contributed by atoms with Crippen LogP contribution in [0.1, 0.15) is 36.2 Å². The molecule has 194 valence electrons. The van der Waals surface area contributed by atoms with Gasteiger partial charge in [-0.1, -0.05) is 41.9 Å². The third-order valence-corrected chi connectivity index (χ3v) is 9.54. The van der Waals surface area contributed by atoms with Gasteiger partial charge in [0.05, 0.1) is 24.7 Å². The summed E-state index contributed by atoms with van der Waals surface area (Å²) in [5, 5.41) is 5.48. The zero-order valence-corrected chi connectivity index (χ0v) is 22.4. The molecule has 1 unspecified atom stereocenters. The molecule has 1 heterocycles. The number of rotatable bonds is 10. The molecular formula is C24H28ClN2O7PS. The van der Waals surface area contributed by atoms with Gasteiger partial charge in [0.2, 0.25) is 0 Å². The zero-order valence-electron chi connectivity index (χ0n) is 19.9. The summed E-state index contributed by atoms with van der Waals surface area (Å²) in [6, 6.07) is 13.6. The smallest absolute Gasteiger partial charge is 0.347 e. The van der Waals surface area contributed by atoms with Crippen LogP contribution >= 0.6 is 19.2 Å². The van der Waals surface area contributed by atoms with E-state index in [0.29, 0.717) is 5.02 Å². The highest BCUT2D eigenvalue weighted by Gasteiger charge is 2.38. The number of sulfone groups is 1. The van der Waals surface area contributed by atoms with E-state index in [4.69, 9.17) is 20.6 Å². The molecule has 2 N–H and O–H groups in total. The molecule has 0 saturated carbocycles. The Balaban J connectivity index is 2.19. The normalized spacial score (nSPS) is 17.8. The van der Waals surface area contributed by atoms with E-state index in [1.807, 2.05) is 0 Å². The lowest BCUT2D eigenvalue weighted by Gasteiger charge is -2.24. The summed E-state index contributed by atoms with van der Waals surface area (Å²) in [7, 11) is -7.44. The van der Waals surface area contributed by atoms with Gasteiger partial charge < -0.3 is 19.7 Å². The molecule has 1 aliphatic heterocycles. The highest BCUT2D eigenvalue weighted by atomic mass is 35.5. The maximum Gasteiger partial charge on any atom is 0.364 e. The molecule has 0 spiro atoms. The second-order valence-corrected chi connectivity index (χ2v) is 12.6. The van der Waals surface area contributed by atoms with Crippen LogP contribution in [0.5, 0.6) is 0 Å². The second kappa shape index (κ2) is 12.2. The second-order valence-electron chi connectivity index (χ2n) is 7.96. The molecule has 36 heavy (non-hydrogen) atoms. The standard InChI is InChI=1S/C24H28ClN2O7PS/c1-3-33-35(30,34-4-2)22(17-10-12-19(25)13-11-17)21(27-23(28)18-8-6-5-7-9-18)24(29)26-20-14-15-36(31,32)16-20/h5-13,20H,3-4,14-16H2,1-2H3,(H,26,29)(H,27,28)/b22-21-. The average molecular weight is 555 g/mol. The summed E-state index contributed by atoms with van der Waals surface area (Å²) in [6.45, 7) is 3.24. The maximum absolute atomic E-state index is 14.0. The average Bonchev–Trinajstić information content (AvgIpc) is 3.18. The van der Waals surface area contributed by atoms with Crippen molar-refractivity contribution in [2.75, 3.05) is 24.7 Å². The maximum atomic E-state index is 14.0. The van der Waals surface area contributed by atoms with Crippen LogP contribution in [0.4, 0.5) is 0 Å². The van der Waals surface area contributed by atoms with Crippen molar-refractivity contribution in [3.8, 4) is 0 Å².